The fraction of sp³-hybridized carbons (Fsp3) is 0.120. The number of hydrogen-bond acceptors (Lipinski definition) is 5. The van der Waals surface area contributed by atoms with Gasteiger partial charge in [-0.3, -0.25) is 9.36 Å². The van der Waals surface area contributed by atoms with Crippen LogP contribution < -0.4 is 10.3 Å². The number of hydrogen-bond donors (Lipinski definition) is 0. The summed E-state index contributed by atoms with van der Waals surface area (Å²) in [7, 11) is -2.39. The highest BCUT2D eigenvalue weighted by atomic mass is 32.2. The smallest absolute Gasteiger partial charge is 0.269 e. The number of nitrogens with zero attached hydrogens (tertiary/aromatic N) is 2. The zero-order valence-corrected chi connectivity index (χ0v) is 18.5. The number of methoxy groups -OCH3 is 1. The molecule has 0 atom stereocenters. The monoisotopic (exact) mass is 446 g/mol. The Labute approximate surface area is 186 Å². The van der Waals surface area contributed by atoms with Crippen LogP contribution in [0.25, 0.3) is 11.3 Å². The largest absolute Gasteiger partial charge is 0.497 e. The topological polar surface area (TPSA) is 78.3 Å². The molecule has 0 aliphatic rings. The lowest BCUT2D eigenvalue weighted by Crippen LogP contribution is -2.25. The van der Waals surface area contributed by atoms with E-state index in [0.29, 0.717) is 11.3 Å². The Balaban J connectivity index is 1.94. The van der Waals surface area contributed by atoms with Crippen LogP contribution in [-0.4, -0.2) is 25.1 Å². The first-order valence-corrected chi connectivity index (χ1v) is 11.5. The van der Waals surface area contributed by atoms with Crippen molar-refractivity contribution in [1.82, 2.24) is 9.55 Å². The molecule has 4 rings (SSSR count). The fourth-order valence-electron chi connectivity index (χ4n) is 3.44. The van der Waals surface area contributed by atoms with Crippen LogP contribution in [0.5, 0.6) is 5.75 Å². The second-order valence-electron chi connectivity index (χ2n) is 7.37. The highest BCUT2D eigenvalue weighted by Crippen LogP contribution is 2.29. The average molecular weight is 447 g/mol. The Morgan fingerprint density at radius 3 is 2.19 bits per heavy atom. The third-order valence-corrected chi connectivity index (χ3v) is 6.86. The summed E-state index contributed by atoms with van der Waals surface area (Å²) in [5.41, 5.74) is 2.24. The Bertz CT molecular complexity index is 1390. The van der Waals surface area contributed by atoms with Crippen molar-refractivity contribution in [2.24, 2.45) is 0 Å². The molecule has 0 fully saturated rings. The standard InChI is InChI=1S/C25H22N2O4S/c1-18-8-14-22(15-9-18)32(29,30)25-24(20-6-4-3-5-7-20)27(23(28)16-26-25)17-19-10-12-21(31-2)13-11-19/h3-16H,17H2,1-2H3. The molecule has 0 saturated heterocycles. The van der Waals surface area contributed by atoms with Crippen molar-refractivity contribution in [3.8, 4) is 17.0 Å². The maximum Gasteiger partial charge on any atom is 0.269 e. The summed E-state index contributed by atoms with van der Waals surface area (Å²) in [6.45, 7) is 2.07. The normalized spacial score (nSPS) is 11.3. The van der Waals surface area contributed by atoms with Gasteiger partial charge in [0, 0.05) is 5.56 Å². The molecule has 0 amide bonds. The number of ether oxygens (including phenoxy) is 1. The SMILES string of the molecule is COc1ccc(Cn2c(-c3ccccc3)c(S(=O)(=O)c3ccc(C)cc3)ncc2=O)cc1. The Kier molecular flexibility index (Phi) is 5.92. The van der Waals surface area contributed by atoms with Gasteiger partial charge in [-0.25, -0.2) is 13.4 Å². The van der Waals surface area contributed by atoms with Gasteiger partial charge >= 0.3 is 0 Å². The van der Waals surface area contributed by atoms with Crippen LogP contribution in [0.2, 0.25) is 0 Å². The van der Waals surface area contributed by atoms with Gasteiger partial charge < -0.3 is 4.74 Å². The molecule has 32 heavy (non-hydrogen) atoms. The Hall–Kier alpha value is -3.71. The summed E-state index contributed by atoms with van der Waals surface area (Å²) >= 11 is 0. The molecule has 0 N–H and O–H groups in total. The van der Waals surface area contributed by atoms with Gasteiger partial charge in [-0.05, 0) is 36.8 Å². The van der Waals surface area contributed by atoms with E-state index in [1.54, 1.807) is 67.8 Å². The van der Waals surface area contributed by atoms with E-state index >= 15 is 0 Å². The maximum absolute atomic E-state index is 13.5. The highest BCUT2D eigenvalue weighted by molar-refractivity contribution is 7.91. The molecule has 0 unspecified atom stereocenters. The van der Waals surface area contributed by atoms with Gasteiger partial charge in [0.15, 0.2) is 5.03 Å². The Morgan fingerprint density at radius 2 is 1.56 bits per heavy atom. The fourth-order valence-corrected chi connectivity index (χ4v) is 4.83. The lowest BCUT2D eigenvalue weighted by molar-refractivity contribution is 0.414. The van der Waals surface area contributed by atoms with Crippen molar-refractivity contribution in [2.75, 3.05) is 7.11 Å². The average Bonchev–Trinajstić information content (AvgIpc) is 2.81. The van der Waals surface area contributed by atoms with E-state index in [9.17, 15) is 13.2 Å². The van der Waals surface area contributed by atoms with Crippen LogP contribution in [-0.2, 0) is 16.4 Å². The van der Waals surface area contributed by atoms with Crippen molar-refractivity contribution in [1.29, 1.82) is 0 Å². The van der Waals surface area contributed by atoms with E-state index < -0.39 is 9.84 Å². The number of aryl methyl sites for hydroxylation is 1. The number of aromatic nitrogens is 2. The summed E-state index contributed by atoms with van der Waals surface area (Å²) in [5, 5.41) is -0.152. The van der Waals surface area contributed by atoms with Gasteiger partial charge in [-0.15, -0.1) is 0 Å². The quantitative estimate of drug-likeness (QED) is 0.445. The molecule has 0 radical (unpaired) electrons. The summed E-state index contributed by atoms with van der Waals surface area (Å²) in [5.74, 6) is 0.696. The molecular formula is C25H22N2O4S. The van der Waals surface area contributed by atoms with Gasteiger partial charge in [-0.2, -0.15) is 0 Å². The van der Waals surface area contributed by atoms with Crippen molar-refractivity contribution in [3.05, 3.63) is 107 Å². The molecule has 7 heteroatoms. The van der Waals surface area contributed by atoms with Crippen molar-refractivity contribution in [2.45, 2.75) is 23.4 Å². The summed E-state index contributed by atoms with van der Waals surface area (Å²) < 4.78 is 33.7. The first kappa shape index (κ1) is 21.5. The molecule has 4 aromatic rings. The molecule has 6 nitrogen and oxygen atoms in total. The molecule has 0 bridgehead atoms. The predicted octanol–water partition coefficient (Wildman–Crippen LogP) is 4.11. The third-order valence-electron chi connectivity index (χ3n) is 5.16. The first-order chi connectivity index (χ1) is 15.4. The van der Waals surface area contributed by atoms with Crippen LogP contribution in [0.3, 0.4) is 0 Å². The number of benzene rings is 3. The highest BCUT2D eigenvalue weighted by Gasteiger charge is 2.27. The minimum Gasteiger partial charge on any atom is -0.497 e. The second kappa shape index (κ2) is 8.80. The van der Waals surface area contributed by atoms with Crippen LogP contribution in [0.4, 0.5) is 0 Å². The molecule has 1 aromatic heterocycles. The molecule has 0 aliphatic carbocycles. The molecule has 0 saturated carbocycles. The van der Waals surface area contributed by atoms with Crippen LogP contribution >= 0.6 is 0 Å². The minimum absolute atomic E-state index is 0.127. The number of rotatable bonds is 6. The molecule has 0 spiro atoms. The molecular weight excluding hydrogens is 424 g/mol. The van der Waals surface area contributed by atoms with E-state index in [4.69, 9.17) is 4.74 Å². The van der Waals surface area contributed by atoms with Gasteiger partial charge in [0.1, 0.15) is 5.75 Å². The minimum atomic E-state index is -3.97. The van der Waals surface area contributed by atoms with E-state index in [1.165, 1.54) is 4.57 Å². The second-order valence-corrected chi connectivity index (χ2v) is 9.23. The van der Waals surface area contributed by atoms with Crippen molar-refractivity contribution < 1.29 is 13.2 Å². The summed E-state index contributed by atoms with van der Waals surface area (Å²) in [6, 6.07) is 22.8. The molecule has 162 valence electrons. The zero-order valence-electron chi connectivity index (χ0n) is 17.7. The van der Waals surface area contributed by atoms with Gasteiger partial charge in [-0.1, -0.05) is 60.2 Å². The predicted molar refractivity (Wildman–Crippen MR) is 123 cm³/mol. The van der Waals surface area contributed by atoms with Gasteiger partial charge in [0.05, 0.1) is 30.4 Å². The molecule has 0 aliphatic heterocycles. The summed E-state index contributed by atoms with van der Waals surface area (Å²) in [6.07, 6.45) is 1.07. The first-order valence-electron chi connectivity index (χ1n) is 10.00. The third kappa shape index (κ3) is 4.20. The van der Waals surface area contributed by atoms with Crippen molar-refractivity contribution in [3.63, 3.8) is 0 Å². The zero-order chi connectivity index (χ0) is 22.7. The lowest BCUT2D eigenvalue weighted by atomic mass is 10.1. The van der Waals surface area contributed by atoms with E-state index in [1.807, 2.05) is 25.1 Å². The van der Waals surface area contributed by atoms with E-state index in [2.05, 4.69) is 4.98 Å². The van der Waals surface area contributed by atoms with E-state index in [-0.39, 0.29) is 27.7 Å². The van der Waals surface area contributed by atoms with Gasteiger partial charge in [0.2, 0.25) is 9.84 Å². The van der Waals surface area contributed by atoms with Crippen LogP contribution in [0, 0.1) is 6.92 Å². The Morgan fingerprint density at radius 1 is 0.906 bits per heavy atom. The van der Waals surface area contributed by atoms with E-state index in [0.717, 1.165) is 17.3 Å². The summed E-state index contributed by atoms with van der Waals surface area (Å²) in [4.78, 5) is 17.1. The maximum atomic E-state index is 13.5. The molecule has 1 heterocycles. The molecule has 3 aromatic carbocycles. The van der Waals surface area contributed by atoms with Gasteiger partial charge in [0.25, 0.3) is 5.56 Å². The van der Waals surface area contributed by atoms with Crippen LogP contribution in [0.1, 0.15) is 11.1 Å². The lowest BCUT2D eigenvalue weighted by Gasteiger charge is -2.17. The van der Waals surface area contributed by atoms with Crippen LogP contribution in [0.15, 0.2) is 99.8 Å². The van der Waals surface area contributed by atoms with Crippen molar-refractivity contribution >= 4 is 9.84 Å². The number of sulfone groups is 1.